The van der Waals surface area contributed by atoms with E-state index in [1.165, 1.54) is 0 Å². The van der Waals surface area contributed by atoms with Gasteiger partial charge in [-0.1, -0.05) is 26.7 Å². The molecule has 0 saturated heterocycles. The molecule has 28 heavy (non-hydrogen) atoms. The fourth-order valence-electron chi connectivity index (χ4n) is 3.21. The van der Waals surface area contributed by atoms with Crippen molar-refractivity contribution in [2.75, 3.05) is 0 Å². The van der Waals surface area contributed by atoms with Crippen LogP contribution in [0.15, 0.2) is 42.5 Å². The van der Waals surface area contributed by atoms with Crippen molar-refractivity contribution in [3.8, 4) is 11.5 Å². The van der Waals surface area contributed by atoms with E-state index in [9.17, 15) is 0 Å². The van der Waals surface area contributed by atoms with Gasteiger partial charge in [0.1, 0.15) is 24.0 Å². The fraction of sp³-hybridized carbons (Fsp3) is 0.435. The smallest absolute Gasteiger partial charge is 0.147 e. The maximum absolute atomic E-state index is 6.06. The molecule has 0 radical (unpaired) electrons. The molecule has 3 aromatic rings. The molecule has 2 aromatic carbocycles. The largest absolute Gasteiger partial charge is 0.476 e. The summed E-state index contributed by atoms with van der Waals surface area (Å²) in [5, 5.41) is 2.13. The number of benzene rings is 2. The third-order valence-electron chi connectivity index (χ3n) is 4.82. The van der Waals surface area contributed by atoms with Crippen molar-refractivity contribution in [3.63, 3.8) is 0 Å². The Morgan fingerprint density at radius 2 is 1.21 bits per heavy atom. The van der Waals surface area contributed by atoms with Crippen LogP contribution in [0.4, 0.5) is 0 Å². The maximum atomic E-state index is 6.06. The minimum atomic E-state index is -0.289. The molecule has 0 bridgehead atoms. The second kappa shape index (κ2) is 9.71. The van der Waals surface area contributed by atoms with Gasteiger partial charge in [-0.2, -0.15) is 0 Å². The average molecular weight is 382 g/mol. The first-order valence-corrected chi connectivity index (χ1v) is 10.3. The highest BCUT2D eigenvalue weighted by Crippen LogP contribution is 2.27. The Morgan fingerprint density at radius 1 is 0.750 bits per heavy atom. The van der Waals surface area contributed by atoms with Crippen LogP contribution in [0.25, 0.3) is 21.8 Å². The van der Waals surface area contributed by atoms with Gasteiger partial charge in [-0.25, -0.2) is 4.98 Å². The van der Waals surface area contributed by atoms with Crippen molar-refractivity contribution in [1.29, 1.82) is 0 Å². The first kappa shape index (κ1) is 20.4. The van der Waals surface area contributed by atoms with E-state index >= 15 is 0 Å². The average Bonchev–Trinajstić information content (AvgIpc) is 2.69. The molecule has 0 saturated carbocycles. The van der Waals surface area contributed by atoms with Gasteiger partial charge in [-0.3, -0.25) is 11.5 Å². The van der Waals surface area contributed by atoms with Gasteiger partial charge in [-0.05, 0) is 56.0 Å². The second-order valence-corrected chi connectivity index (χ2v) is 7.29. The predicted molar refractivity (Wildman–Crippen MR) is 116 cm³/mol. The lowest BCUT2D eigenvalue weighted by atomic mass is 10.1. The number of hydrogen-bond acceptors (Lipinski definition) is 5. The van der Waals surface area contributed by atoms with Crippen molar-refractivity contribution in [1.82, 2.24) is 4.98 Å². The van der Waals surface area contributed by atoms with Crippen LogP contribution in [0.2, 0.25) is 0 Å². The third-order valence-corrected chi connectivity index (χ3v) is 4.82. The Morgan fingerprint density at radius 3 is 1.64 bits per heavy atom. The topological polar surface area (TPSA) is 83.4 Å². The molecule has 0 spiro atoms. The molecule has 150 valence electrons. The molecule has 2 atom stereocenters. The highest BCUT2D eigenvalue weighted by molar-refractivity contribution is 5.93. The van der Waals surface area contributed by atoms with Crippen LogP contribution in [-0.2, 0) is 0 Å². The van der Waals surface area contributed by atoms with Gasteiger partial charge in [0.05, 0.1) is 11.0 Å². The summed E-state index contributed by atoms with van der Waals surface area (Å²) < 4.78 is 11.7. The first-order valence-electron chi connectivity index (χ1n) is 10.3. The Balaban J connectivity index is 1.81. The lowest BCUT2D eigenvalue weighted by Gasteiger charge is -2.15. The van der Waals surface area contributed by atoms with Gasteiger partial charge in [-0.15, -0.1) is 0 Å². The summed E-state index contributed by atoms with van der Waals surface area (Å²) in [6.07, 6.45) is 5.44. The number of nitrogens with zero attached hydrogens (tertiary/aromatic N) is 1. The van der Waals surface area contributed by atoms with E-state index in [0.717, 1.165) is 71.8 Å². The van der Waals surface area contributed by atoms with Crippen molar-refractivity contribution in [2.24, 2.45) is 11.5 Å². The zero-order chi connectivity index (χ0) is 19.9. The lowest BCUT2D eigenvalue weighted by molar-refractivity contribution is 0.195. The standard InChI is InChI=1S/C23H31N3O2/c1-3-5-7-22(24)27-18-11-9-16-13-17-10-12-19(28-23(25)8-6-4-2)15-21(17)26-20(16)14-18/h9-15,22-23H,3-8,24-25H2,1-2H3. The molecule has 0 aliphatic heterocycles. The summed E-state index contributed by atoms with van der Waals surface area (Å²) in [5.74, 6) is 1.49. The molecule has 0 fully saturated rings. The Kier molecular flexibility index (Phi) is 7.06. The summed E-state index contributed by atoms with van der Waals surface area (Å²) >= 11 is 0. The molecule has 0 aliphatic carbocycles. The molecule has 0 aliphatic rings. The molecule has 0 amide bonds. The first-order chi connectivity index (χ1) is 13.6. The molecule has 2 unspecified atom stereocenters. The van der Waals surface area contributed by atoms with E-state index in [1.807, 2.05) is 36.4 Å². The highest BCUT2D eigenvalue weighted by atomic mass is 16.5. The van der Waals surface area contributed by atoms with Crippen molar-refractivity contribution >= 4 is 21.8 Å². The zero-order valence-electron chi connectivity index (χ0n) is 16.9. The number of rotatable bonds is 10. The second-order valence-electron chi connectivity index (χ2n) is 7.29. The van der Waals surface area contributed by atoms with Gasteiger partial charge < -0.3 is 9.47 Å². The fourth-order valence-corrected chi connectivity index (χ4v) is 3.21. The summed E-state index contributed by atoms with van der Waals surface area (Å²) in [5.41, 5.74) is 13.9. The van der Waals surface area contributed by atoms with Crippen LogP contribution in [0, 0.1) is 0 Å². The molecule has 1 aromatic heterocycles. The SMILES string of the molecule is CCCCC(N)Oc1ccc2cc3ccc(OC(N)CCCC)cc3nc2c1. The Labute approximate surface area is 167 Å². The molecule has 5 heteroatoms. The van der Waals surface area contributed by atoms with Crippen molar-refractivity contribution in [2.45, 2.75) is 64.8 Å². The van der Waals surface area contributed by atoms with E-state index in [4.69, 9.17) is 25.9 Å². The van der Waals surface area contributed by atoms with Gasteiger partial charge in [0.25, 0.3) is 0 Å². The molecule has 5 nitrogen and oxygen atoms in total. The normalized spacial score (nSPS) is 13.6. The Hall–Kier alpha value is -2.37. The molecular weight excluding hydrogens is 350 g/mol. The van der Waals surface area contributed by atoms with E-state index in [1.54, 1.807) is 0 Å². The number of unbranched alkanes of at least 4 members (excludes halogenated alkanes) is 2. The summed E-state index contributed by atoms with van der Waals surface area (Å²) in [4.78, 5) is 4.80. The number of aromatic nitrogens is 1. The summed E-state index contributed by atoms with van der Waals surface area (Å²) in [6, 6.07) is 14.0. The van der Waals surface area contributed by atoms with Crippen LogP contribution in [-0.4, -0.2) is 17.4 Å². The number of nitrogens with two attached hydrogens (primary N) is 2. The minimum absolute atomic E-state index is 0.289. The zero-order valence-corrected chi connectivity index (χ0v) is 16.9. The van der Waals surface area contributed by atoms with Crippen LogP contribution in [0.5, 0.6) is 11.5 Å². The van der Waals surface area contributed by atoms with Crippen LogP contribution in [0.1, 0.15) is 52.4 Å². The molecule has 1 heterocycles. The monoisotopic (exact) mass is 381 g/mol. The van der Waals surface area contributed by atoms with Gasteiger partial charge in [0.15, 0.2) is 0 Å². The summed E-state index contributed by atoms with van der Waals surface area (Å²) in [6.45, 7) is 4.29. The maximum Gasteiger partial charge on any atom is 0.147 e. The van der Waals surface area contributed by atoms with E-state index in [0.29, 0.717) is 0 Å². The molecular formula is C23H31N3O2. The van der Waals surface area contributed by atoms with Crippen LogP contribution >= 0.6 is 0 Å². The number of hydrogen-bond donors (Lipinski definition) is 2. The summed E-state index contributed by atoms with van der Waals surface area (Å²) in [7, 11) is 0. The van der Waals surface area contributed by atoms with Crippen LogP contribution in [0.3, 0.4) is 0 Å². The van der Waals surface area contributed by atoms with E-state index < -0.39 is 0 Å². The predicted octanol–water partition coefficient (Wildman–Crippen LogP) is 5.10. The quantitative estimate of drug-likeness (QED) is 0.377. The van der Waals surface area contributed by atoms with Gasteiger partial charge in [0, 0.05) is 22.9 Å². The highest BCUT2D eigenvalue weighted by Gasteiger charge is 2.08. The van der Waals surface area contributed by atoms with E-state index in [-0.39, 0.29) is 12.5 Å². The minimum Gasteiger partial charge on any atom is -0.476 e. The Bertz CT molecular complexity index is 842. The van der Waals surface area contributed by atoms with Crippen molar-refractivity contribution < 1.29 is 9.47 Å². The number of fused-ring (bicyclic) bond motifs is 2. The van der Waals surface area contributed by atoms with Gasteiger partial charge >= 0.3 is 0 Å². The molecule has 3 rings (SSSR count). The lowest BCUT2D eigenvalue weighted by Crippen LogP contribution is -2.26. The third kappa shape index (κ3) is 5.33. The van der Waals surface area contributed by atoms with Gasteiger partial charge in [0.2, 0.25) is 0 Å². The van der Waals surface area contributed by atoms with E-state index in [2.05, 4.69) is 19.9 Å². The molecule has 4 N–H and O–H groups in total. The van der Waals surface area contributed by atoms with Crippen molar-refractivity contribution in [3.05, 3.63) is 42.5 Å². The number of pyridine rings is 1. The number of ether oxygens (including phenoxy) is 2. The van der Waals surface area contributed by atoms with Crippen LogP contribution < -0.4 is 20.9 Å².